The SMILES string of the molecule is CCCC(=O)NC(=S)Nc1nc2ccc(C(=O)OCC)cc2s1. The highest BCUT2D eigenvalue weighted by Gasteiger charge is 2.11. The Hall–Kier alpha value is -2.06. The Balaban J connectivity index is 2.09. The number of rotatable bonds is 5. The van der Waals surface area contributed by atoms with Gasteiger partial charge in [0, 0.05) is 6.42 Å². The van der Waals surface area contributed by atoms with Crippen molar-refractivity contribution in [2.45, 2.75) is 26.7 Å². The Labute approximate surface area is 143 Å². The van der Waals surface area contributed by atoms with Crippen molar-refractivity contribution in [2.75, 3.05) is 11.9 Å². The summed E-state index contributed by atoms with van der Waals surface area (Å²) in [5.74, 6) is -0.490. The second kappa shape index (κ2) is 7.98. The number of anilines is 1. The Morgan fingerprint density at radius 2 is 2.13 bits per heavy atom. The molecule has 1 aromatic heterocycles. The minimum absolute atomic E-state index is 0.129. The maximum absolute atomic E-state index is 11.7. The van der Waals surface area contributed by atoms with Gasteiger partial charge in [-0.3, -0.25) is 4.79 Å². The van der Waals surface area contributed by atoms with E-state index in [1.807, 2.05) is 6.92 Å². The zero-order valence-corrected chi connectivity index (χ0v) is 14.5. The molecular weight excluding hydrogens is 334 g/mol. The largest absolute Gasteiger partial charge is 0.462 e. The summed E-state index contributed by atoms with van der Waals surface area (Å²) >= 11 is 6.43. The molecule has 0 fully saturated rings. The van der Waals surface area contributed by atoms with Crippen molar-refractivity contribution >= 4 is 55.9 Å². The minimum Gasteiger partial charge on any atom is -0.462 e. The van der Waals surface area contributed by atoms with Gasteiger partial charge in [-0.25, -0.2) is 9.78 Å². The van der Waals surface area contributed by atoms with Crippen LogP contribution in [0.3, 0.4) is 0 Å². The van der Waals surface area contributed by atoms with Crippen LogP contribution in [0.2, 0.25) is 0 Å². The number of hydrogen-bond donors (Lipinski definition) is 2. The molecule has 0 spiro atoms. The summed E-state index contributed by atoms with van der Waals surface area (Å²) in [5, 5.41) is 6.25. The molecule has 0 aliphatic rings. The summed E-state index contributed by atoms with van der Waals surface area (Å²) in [5.41, 5.74) is 1.22. The number of aromatic nitrogens is 1. The summed E-state index contributed by atoms with van der Waals surface area (Å²) in [4.78, 5) is 27.6. The first kappa shape index (κ1) is 17.3. The average molecular weight is 351 g/mol. The standard InChI is InChI=1S/C15H17N3O3S2/c1-3-5-12(19)17-14(22)18-15-16-10-7-6-9(8-11(10)23-15)13(20)21-4-2/h6-8H,3-5H2,1-2H3,(H2,16,17,18,19,22). The number of thiazole rings is 1. The monoisotopic (exact) mass is 351 g/mol. The maximum Gasteiger partial charge on any atom is 0.338 e. The third kappa shape index (κ3) is 4.70. The second-order valence-electron chi connectivity index (χ2n) is 4.67. The zero-order valence-electron chi connectivity index (χ0n) is 12.8. The third-order valence-electron chi connectivity index (χ3n) is 2.85. The molecule has 0 aliphatic heterocycles. The molecule has 2 aromatic rings. The van der Waals surface area contributed by atoms with Gasteiger partial charge in [-0.2, -0.15) is 0 Å². The van der Waals surface area contributed by atoms with Crippen molar-refractivity contribution < 1.29 is 14.3 Å². The van der Waals surface area contributed by atoms with Crippen molar-refractivity contribution in [1.82, 2.24) is 10.3 Å². The summed E-state index contributed by atoms with van der Waals surface area (Å²) in [7, 11) is 0. The molecule has 122 valence electrons. The first-order chi connectivity index (χ1) is 11.0. The smallest absolute Gasteiger partial charge is 0.338 e. The van der Waals surface area contributed by atoms with Crippen LogP contribution in [-0.4, -0.2) is 28.6 Å². The quantitative estimate of drug-likeness (QED) is 0.636. The summed E-state index contributed by atoms with van der Waals surface area (Å²) in [6.07, 6.45) is 1.18. The van der Waals surface area contributed by atoms with E-state index < -0.39 is 0 Å². The lowest BCUT2D eigenvalue weighted by Gasteiger charge is -2.05. The van der Waals surface area contributed by atoms with E-state index in [4.69, 9.17) is 17.0 Å². The van der Waals surface area contributed by atoms with Crippen LogP contribution in [0.25, 0.3) is 10.2 Å². The summed E-state index contributed by atoms with van der Waals surface area (Å²) < 4.78 is 5.81. The topological polar surface area (TPSA) is 80.3 Å². The van der Waals surface area contributed by atoms with Gasteiger partial charge >= 0.3 is 5.97 Å². The molecule has 1 amide bonds. The van der Waals surface area contributed by atoms with Crippen molar-refractivity contribution in [2.24, 2.45) is 0 Å². The lowest BCUT2D eigenvalue weighted by Crippen LogP contribution is -2.33. The van der Waals surface area contributed by atoms with Gasteiger partial charge in [-0.1, -0.05) is 18.3 Å². The number of nitrogens with zero attached hydrogens (tertiary/aromatic N) is 1. The number of hydrogen-bond acceptors (Lipinski definition) is 6. The molecule has 2 rings (SSSR count). The number of carbonyl (C=O) groups excluding carboxylic acids is 2. The predicted octanol–water partition coefficient (Wildman–Crippen LogP) is 3.09. The molecule has 1 heterocycles. The Bertz CT molecular complexity index is 743. The molecular formula is C15H17N3O3S2. The van der Waals surface area contributed by atoms with E-state index in [0.717, 1.165) is 16.6 Å². The highest BCUT2D eigenvalue weighted by Crippen LogP contribution is 2.27. The molecule has 0 aliphatic carbocycles. The third-order valence-corrected chi connectivity index (χ3v) is 3.99. The fourth-order valence-corrected chi connectivity index (χ4v) is 3.05. The van der Waals surface area contributed by atoms with Gasteiger partial charge < -0.3 is 15.4 Å². The fourth-order valence-electron chi connectivity index (χ4n) is 1.86. The molecule has 0 bridgehead atoms. The van der Waals surface area contributed by atoms with Gasteiger partial charge in [0.1, 0.15) is 0 Å². The first-order valence-corrected chi connectivity index (χ1v) is 8.44. The lowest BCUT2D eigenvalue weighted by molar-refractivity contribution is -0.119. The Morgan fingerprint density at radius 3 is 2.83 bits per heavy atom. The lowest BCUT2D eigenvalue weighted by atomic mass is 10.2. The van der Waals surface area contributed by atoms with Gasteiger partial charge in [0.25, 0.3) is 0 Å². The summed E-state index contributed by atoms with van der Waals surface area (Å²) in [6.45, 7) is 4.02. The molecule has 0 saturated heterocycles. The van der Waals surface area contributed by atoms with Crippen molar-refractivity contribution in [1.29, 1.82) is 0 Å². The molecule has 0 saturated carbocycles. The highest BCUT2D eigenvalue weighted by molar-refractivity contribution is 7.80. The number of carbonyl (C=O) groups is 2. The van der Waals surface area contributed by atoms with Gasteiger partial charge in [-0.15, -0.1) is 0 Å². The molecule has 2 N–H and O–H groups in total. The molecule has 8 heteroatoms. The minimum atomic E-state index is -0.361. The molecule has 0 unspecified atom stereocenters. The highest BCUT2D eigenvalue weighted by atomic mass is 32.1. The Morgan fingerprint density at radius 1 is 1.35 bits per heavy atom. The van der Waals surface area contributed by atoms with E-state index in [9.17, 15) is 9.59 Å². The number of thiocarbonyl (C=S) groups is 1. The molecule has 23 heavy (non-hydrogen) atoms. The number of ether oxygens (including phenoxy) is 1. The van der Waals surface area contributed by atoms with Crippen LogP contribution >= 0.6 is 23.6 Å². The van der Waals surface area contributed by atoms with Crippen LogP contribution < -0.4 is 10.6 Å². The van der Waals surface area contributed by atoms with Crippen LogP contribution in [-0.2, 0) is 9.53 Å². The number of esters is 1. The van der Waals surface area contributed by atoms with E-state index in [0.29, 0.717) is 23.7 Å². The van der Waals surface area contributed by atoms with Crippen LogP contribution in [0.1, 0.15) is 37.0 Å². The molecule has 1 aromatic carbocycles. The van der Waals surface area contributed by atoms with Crippen LogP contribution in [0, 0.1) is 0 Å². The van der Waals surface area contributed by atoms with Crippen LogP contribution in [0.5, 0.6) is 0 Å². The van der Waals surface area contributed by atoms with E-state index in [2.05, 4.69) is 15.6 Å². The molecule has 0 radical (unpaired) electrons. The van der Waals surface area contributed by atoms with E-state index in [1.165, 1.54) is 11.3 Å². The number of nitrogens with one attached hydrogen (secondary N) is 2. The zero-order chi connectivity index (χ0) is 16.8. The van der Waals surface area contributed by atoms with Gasteiger partial charge in [0.2, 0.25) is 5.91 Å². The van der Waals surface area contributed by atoms with Gasteiger partial charge in [0.05, 0.1) is 22.4 Å². The summed E-state index contributed by atoms with van der Waals surface area (Å²) in [6, 6.07) is 5.15. The van der Waals surface area contributed by atoms with Crippen molar-refractivity contribution in [3.05, 3.63) is 23.8 Å². The number of amides is 1. The fraction of sp³-hybridized carbons (Fsp3) is 0.333. The number of benzene rings is 1. The van der Waals surface area contributed by atoms with E-state index >= 15 is 0 Å². The Kier molecular flexibility index (Phi) is 6.00. The van der Waals surface area contributed by atoms with E-state index in [-0.39, 0.29) is 17.0 Å². The van der Waals surface area contributed by atoms with Gasteiger partial charge in [0.15, 0.2) is 10.2 Å². The molecule has 6 nitrogen and oxygen atoms in total. The van der Waals surface area contributed by atoms with Crippen LogP contribution in [0.4, 0.5) is 5.13 Å². The number of fused-ring (bicyclic) bond motifs is 1. The van der Waals surface area contributed by atoms with Gasteiger partial charge in [-0.05, 0) is 43.8 Å². The predicted molar refractivity (Wildman–Crippen MR) is 94.8 cm³/mol. The van der Waals surface area contributed by atoms with Crippen molar-refractivity contribution in [3.63, 3.8) is 0 Å². The van der Waals surface area contributed by atoms with Crippen molar-refractivity contribution in [3.8, 4) is 0 Å². The first-order valence-electron chi connectivity index (χ1n) is 7.22. The van der Waals surface area contributed by atoms with E-state index in [1.54, 1.807) is 25.1 Å². The average Bonchev–Trinajstić information content (AvgIpc) is 2.88. The van der Waals surface area contributed by atoms with Crippen LogP contribution in [0.15, 0.2) is 18.2 Å². The second-order valence-corrected chi connectivity index (χ2v) is 6.11. The maximum atomic E-state index is 11.7. The molecule has 0 atom stereocenters. The normalized spacial score (nSPS) is 10.3.